The smallest absolute Gasteiger partial charge is 0.274 e. The predicted octanol–water partition coefficient (Wildman–Crippen LogP) is 3.75. The van der Waals surface area contributed by atoms with Crippen molar-refractivity contribution in [3.8, 4) is 0 Å². The highest BCUT2D eigenvalue weighted by Crippen LogP contribution is 2.26. The Labute approximate surface area is 180 Å². The fourth-order valence-electron chi connectivity index (χ4n) is 3.08. The van der Waals surface area contributed by atoms with Crippen LogP contribution < -0.4 is 4.72 Å². The molecular formula is C19H21Cl2N3O4S. The first-order chi connectivity index (χ1) is 13.7. The van der Waals surface area contributed by atoms with Gasteiger partial charge < -0.3 is 9.64 Å². The lowest BCUT2D eigenvalue weighted by Crippen LogP contribution is -2.41. The van der Waals surface area contributed by atoms with E-state index in [4.69, 9.17) is 27.9 Å². The van der Waals surface area contributed by atoms with Gasteiger partial charge in [-0.15, -0.1) is 0 Å². The van der Waals surface area contributed by atoms with Crippen molar-refractivity contribution in [3.05, 3.63) is 51.8 Å². The van der Waals surface area contributed by atoms with Crippen LogP contribution >= 0.6 is 23.2 Å². The molecule has 10 heteroatoms. The molecule has 3 rings (SSSR count). The van der Waals surface area contributed by atoms with Gasteiger partial charge in [0.25, 0.3) is 15.9 Å². The van der Waals surface area contributed by atoms with Gasteiger partial charge in [0.15, 0.2) is 5.69 Å². The number of ether oxygens (including phenoxy) is 1. The quantitative estimate of drug-likeness (QED) is 0.738. The number of halogens is 2. The monoisotopic (exact) mass is 457 g/mol. The molecule has 1 N–H and O–H groups in total. The van der Waals surface area contributed by atoms with E-state index in [1.54, 1.807) is 18.9 Å². The van der Waals surface area contributed by atoms with Gasteiger partial charge in [-0.3, -0.25) is 9.52 Å². The zero-order chi connectivity index (χ0) is 21.2. The maximum atomic E-state index is 13.0. The zero-order valence-corrected chi connectivity index (χ0v) is 18.3. The molecule has 1 aromatic heterocycles. The van der Waals surface area contributed by atoms with E-state index in [1.165, 1.54) is 30.5 Å². The third kappa shape index (κ3) is 5.01. The van der Waals surface area contributed by atoms with Crippen LogP contribution in [0.25, 0.3) is 0 Å². The Morgan fingerprint density at radius 3 is 2.59 bits per heavy atom. The summed E-state index contributed by atoms with van der Waals surface area (Å²) in [4.78, 5) is 18.7. The van der Waals surface area contributed by atoms with E-state index in [0.29, 0.717) is 36.6 Å². The molecule has 0 unspecified atom stereocenters. The number of nitrogens with zero attached hydrogens (tertiary/aromatic N) is 2. The van der Waals surface area contributed by atoms with Crippen molar-refractivity contribution in [2.45, 2.75) is 30.7 Å². The topological polar surface area (TPSA) is 88.6 Å². The summed E-state index contributed by atoms with van der Waals surface area (Å²) < 4.78 is 33.5. The molecule has 1 fully saturated rings. The Hall–Kier alpha value is -1.87. The largest absolute Gasteiger partial charge is 0.381 e. The fourth-order valence-corrected chi connectivity index (χ4v) is 4.50. The molecule has 0 radical (unpaired) electrons. The number of benzene rings is 1. The predicted molar refractivity (Wildman–Crippen MR) is 112 cm³/mol. The third-order valence-corrected chi connectivity index (χ3v) is 6.79. The number of pyridine rings is 1. The number of carbonyl (C=O) groups is 1. The average molecular weight is 458 g/mol. The van der Waals surface area contributed by atoms with E-state index in [9.17, 15) is 13.2 Å². The van der Waals surface area contributed by atoms with E-state index in [1.807, 2.05) is 0 Å². The Bertz CT molecular complexity index is 1020. The highest BCUT2D eigenvalue weighted by Gasteiger charge is 2.27. The van der Waals surface area contributed by atoms with Crippen LogP contribution in [0.3, 0.4) is 0 Å². The Morgan fingerprint density at radius 2 is 1.93 bits per heavy atom. The minimum absolute atomic E-state index is 0.00269. The Kier molecular flexibility index (Phi) is 6.68. The van der Waals surface area contributed by atoms with E-state index in [0.717, 1.165) is 0 Å². The van der Waals surface area contributed by atoms with Crippen molar-refractivity contribution in [2.75, 3.05) is 25.0 Å². The summed E-state index contributed by atoms with van der Waals surface area (Å²) in [5.41, 5.74) is 0.626. The third-order valence-electron chi connectivity index (χ3n) is 4.80. The second kappa shape index (κ2) is 8.87. The van der Waals surface area contributed by atoms with Gasteiger partial charge in [0.05, 0.1) is 15.6 Å². The SMILES string of the molecule is Cc1cc(S(=O)(=O)Nc2cc(Cl)cnc2C(=O)N(C)C2CCOCC2)ccc1Cl. The van der Waals surface area contributed by atoms with Gasteiger partial charge >= 0.3 is 0 Å². The van der Waals surface area contributed by atoms with Crippen molar-refractivity contribution >= 4 is 44.8 Å². The van der Waals surface area contributed by atoms with E-state index >= 15 is 0 Å². The lowest BCUT2D eigenvalue weighted by molar-refractivity contribution is 0.0359. The number of hydrogen-bond donors (Lipinski definition) is 1. The Balaban J connectivity index is 1.92. The summed E-state index contributed by atoms with van der Waals surface area (Å²) in [5.74, 6) is -0.390. The van der Waals surface area contributed by atoms with Crippen LogP contribution in [-0.2, 0) is 14.8 Å². The maximum Gasteiger partial charge on any atom is 0.274 e. The van der Waals surface area contributed by atoms with Crippen LogP contribution in [0.5, 0.6) is 0 Å². The van der Waals surface area contributed by atoms with Crippen LogP contribution in [0.4, 0.5) is 5.69 Å². The van der Waals surface area contributed by atoms with Crippen molar-refractivity contribution in [2.24, 2.45) is 0 Å². The first kappa shape index (κ1) is 21.8. The van der Waals surface area contributed by atoms with Crippen molar-refractivity contribution in [3.63, 3.8) is 0 Å². The molecule has 1 amide bonds. The van der Waals surface area contributed by atoms with Crippen molar-refractivity contribution in [1.29, 1.82) is 0 Å². The number of rotatable bonds is 5. The number of nitrogens with one attached hydrogen (secondary N) is 1. The number of anilines is 1. The van der Waals surface area contributed by atoms with Crippen molar-refractivity contribution in [1.82, 2.24) is 9.88 Å². The zero-order valence-electron chi connectivity index (χ0n) is 16.0. The number of aryl methyl sites for hydroxylation is 1. The number of amides is 1. The summed E-state index contributed by atoms with van der Waals surface area (Å²) in [6.45, 7) is 2.86. The molecule has 0 aliphatic carbocycles. The molecule has 1 aliphatic heterocycles. The Morgan fingerprint density at radius 1 is 1.24 bits per heavy atom. The number of hydrogen-bond acceptors (Lipinski definition) is 5. The van der Waals surface area contributed by atoms with E-state index in [-0.39, 0.29) is 27.3 Å². The van der Waals surface area contributed by atoms with Gasteiger partial charge in [-0.1, -0.05) is 23.2 Å². The molecule has 1 saturated heterocycles. The summed E-state index contributed by atoms with van der Waals surface area (Å²) in [7, 11) is -2.30. The highest BCUT2D eigenvalue weighted by molar-refractivity contribution is 7.92. The van der Waals surface area contributed by atoms with Gasteiger partial charge in [-0.2, -0.15) is 0 Å². The van der Waals surface area contributed by atoms with Crippen LogP contribution in [0, 0.1) is 6.92 Å². The van der Waals surface area contributed by atoms with Gasteiger partial charge in [0.2, 0.25) is 0 Å². The normalized spacial score (nSPS) is 15.2. The summed E-state index contributed by atoms with van der Waals surface area (Å²) in [6, 6.07) is 5.73. The molecule has 0 spiro atoms. The second-order valence-corrected chi connectivity index (χ2v) is 9.35. The minimum atomic E-state index is -3.97. The van der Waals surface area contributed by atoms with Crippen LogP contribution in [0.2, 0.25) is 10.0 Å². The molecular weight excluding hydrogens is 437 g/mol. The molecule has 2 aromatic rings. The molecule has 0 saturated carbocycles. The summed E-state index contributed by atoms with van der Waals surface area (Å²) in [6.07, 6.45) is 2.73. The first-order valence-corrected chi connectivity index (χ1v) is 11.2. The van der Waals surface area contributed by atoms with E-state index in [2.05, 4.69) is 9.71 Å². The molecule has 156 valence electrons. The molecule has 0 atom stereocenters. The van der Waals surface area contributed by atoms with E-state index < -0.39 is 15.9 Å². The minimum Gasteiger partial charge on any atom is -0.381 e. The van der Waals surface area contributed by atoms with Gasteiger partial charge in [0, 0.05) is 37.5 Å². The molecule has 7 nitrogen and oxygen atoms in total. The number of carbonyl (C=O) groups excluding carboxylic acids is 1. The average Bonchev–Trinajstić information content (AvgIpc) is 2.69. The van der Waals surface area contributed by atoms with Crippen LogP contribution in [0.15, 0.2) is 35.4 Å². The van der Waals surface area contributed by atoms with Gasteiger partial charge in [0.1, 0.15) is 0 Å². The fraction of sp³-hybridized carbons (Fsp3) is 0.368. The number of sulfonamides is 1. The molecule has 0 bridgehead atoms. The summed E-state index contributed by atoms with van der Waals surface area (Å²) in [5, 5.41) is 0.669. The van der Waals surface area contributed by atoms with Gasteiger partial charge in [-0.05, 0) is 49.6 Å². The standard InChI is InChI=1S/C19H21Cl2N3O4S/c1-12-9-15(3-4-16(12)21)29(26,27)23-17-10-13(20)11-22-18(17)19(25)24(2)14-5-7-28-8-6-14/h3-4,9-11,14,23H,5-8H2,1-2H3. The summed E-state index contributed by atoms with van der Waals surface area (Å²) >= 11 is 12.0. The van der Waals surface area contributed by atoms with Gasteiger partial charge in [-0.25, -0.2) is 13.4 Å². The van der Waals surface area contributed by atoms with Crippen molar-refractivity contribution < 1.29 is 17.9 Å². The van der Waals surface area contributed by atoms with Crippen LogP contribution in [0.1, 0.15) is 28.9 Å². The number of aromatic nitrogens is 1. The maximum absolute atomic E-state index is 13.0. The lowest BCUT2D eigenvalue weighted by Gasteiger charge is -2.31. The second-order valence-electron chi connectivity index (χ2n) is 6.83. The molecule has 1 aliphatic rings. The molecule has 2 heterocycles. The van der Waals surface area contributed by atoms with Crippen LogP contribution in [-0.4, -0.2) is 50.5 Å². The first-order valence-electron chi connectivity index (χ1n) is 8.98. The molecule has 29 heavy (non-hydrogen) atoms. The lowest BCUT2D eigenvalue weighted by atomic mass is 10.1. The molecule has 1 aromatic carbocycles. The highest BCUT2D eigenvalue weighted by atomic mass is 35.5.